The number of amides is 1. The minimum atomic E-state index is -4.30. The van der Waals surface area contributed by atoms with Crippen molar-refractivity contribution in [2.24, 2.45) is 5.41 Å². The lowest BCUT2D eigenvalue weighted by molar-refractivity contribution is -0.164. The molecule has 202 valence electrons. The van der Waals surface area contributed by atoms with Gasteiger partial charge in [-0.1, -0.05) is 60.5 Å². The van der Waals surface area contributed by atoms with Crippen molar-refractivity contribution in [3.8, 4) is 0 Å². The van der Waals surface area contributed by atoms with Gasteiger partial charge in [0.2, 0.25) is 5.91 Å². The van der Waals surface area contributed by atoms with Crippen LogP contribution < -0.4 is 0 Å². The van der Waals surface area contributed by atoms with Gasteiger partial charge in [-0.2, -0.15) is 13.2 Å². The number of benzene rings is 2. The molecule has 10 heteroatoms. The zero-order valence-electron chi connectivity index (χ0n) is 20.6. The lowest BCUT2D eigenvalue weighted by Crippen LogP contribution is -2.58. The van der Waals surface area contributed by atoms with Crippen molar-refractivity contribution in [2.75, 3.05) is 19.6 Å². The fraction of sp³-hybridized carbons (Fsp3) is 0.481. The first-order chi connectivity index (χ1) is 17.4. The van der Waals surface area contributed by atoms with Crippen molar-refractivity contribution in [3.63, 3.8) is 0 Å². The molecule has 37 heavy (non-hydrogen) atoms. The number of halogens is 5. The smallest absolute Gasteiger partial charge is 0.401 e. The van der Waals surface area contributed by atoms with E-state index < -0.39 is 30.1 Å². The van der Waals surface area contributed by atoms with E-state index >= 15 is 0 Å². The van der Waals surface area contributed by atoms with Gasteiger partial charge in [0.05, 0.1) is 24.4 Å². The normalized spacial score (nSPS) is 24.8. The zero-order chi connectivity index (χ0) is 27.2. The average molecular weight is 559 g/mol. The maximum Gasteiger partial charge on any atom is 0.401 e. The van der Waals surface area contributed by atoms with Gasteiger partial charge < -0.3 is 10.0 Å². The summed E-state index contributed by atoms with van der Waals surface area (Å²) in [5.74, 6) is -1.35. The molecular weight excluding hydrogens is 528 g/mol. The highest BCUT2D eigenvalue weighted by Crippen LogP contribution is 2.45. The monoisotopic (exact) mass is 558 g/mol. The van der Waals surface area contributed by atoms with Crippen molar-refractivity contribution >= 4 is 35.1 Å². The summed E-state index contributed by atoms with van der Waals surface area (Å²) in [6, 6.07) is 15.8. The Hall–Kier alpha value is -2.29. The second kappa shape index (κ2) is 12.5. The summed E-state index contributed by atoms with van der Waals surface area (Å²) in [6.07, 6.45) is -2.51. The molecule has 1 amide bonds. The molecule has 0 radical (unpaired) electrons. The molecule has 0 saturated carbocycles. The Bertz CT molecular complexity index is 1050. The number of rotatable bonds is 5. The predicted octanol–water partition coefficient (Wildman–Crippen LogP) is 6.85. The van der Waals surface area contributed by atoms with E-state index in [-0.39, 0.29) is 24.9 Å². The molecule has 2 aliphatic rings. The Morgan fingerprint density at radius 2 is 1.68 bits per heavy atom. The molecule has 4 rings (SSSR count). The van der Waals surface area contributed by atoms with E-state index in [1.807, 2.05) is 42.5 Å². The standard InChI is InChI=1S/C21H26ClF3N2O3.C6H5Cl/c1-20(11-18(28)29)9-8-17(14-4-6-15(22)7-5-14)27(19(20)30)16-3-2-10-26(12-16)13-21(23,24)25;7-6-4-2-1-3-5-6/h4-7,16-17H,2-3,8-13H2,1H3,(H,28,29);1-5H/t16-,17?,20+;/m0./s1. The van der Waals surface area contributed by atoms with Crippen LogP contribution in [-0.4, -0.2) is 58.6 Å². The topological polar surface area (TPSA) is 60.9 Å². The number of piperidine rings is 2. The van der Waals surface area contributed by atoms with Crippen LogP contribution in [0.25, 0.3) is 0 Å². The second-order valence-electron chi connectivity index (χ2n) is 9.89. The summed E-state index contributed by atoms with van der Waals surface area (Å²) >= 11 is 11.5. The van der Waals surface area contributed by atoms with Gasteiger partial charge in [0.1, 0.15) is 0 Å². The average Bonchev–Trinajstić information content (AvgIpc) is 2.81. The minimum absolute atomic E-state index is 0.124. The lowest BCUT2D eigenvalue weighted by Gasteiger charge is -2.50. The first-order valence-electron chi connectivity index (χ1n) is 12.2. The summed E-state index contributed by atoms with van der Waals surface area (Å²) < 4.78 is 38.8. The number of carbonyl (C=O) groups excluding carboxylic acids is 1. The third-order valence-corrected chi connectivity index (χ3v) is 7.37. The Labute approximate surface area is 225 Å². The molecule has 5 nitrogen and oxygen atoms in total. The maximum atomic E-state index is 13.5. The number of nitrogens with zero attached hydrogens (tertiary/aromatic N) is 2. The largest absolute Gasteiger partial charge is 0.481 e. The van der Waals surface area contributed by atoms with Crippen LogP contribution in [0.1, 0.15) is 50.6 Å². The van der Waals surface area contributed by atoms with Crippen molar-refractivity contribution in [3.05, 3.63) is 70.2 Å². The molecule has 2 aromatic rings. The van der Waals surface area contributed by atoms with Gasteiger partial charge in [-0.25, -0.2) is 0 Å². The Kier molecular flexibility index (Phi) is 9.89. The van der Waals surface area contributed by atoms with E-state index in [2.05, 4.69) is 0 Å². The number of alkyl halides is 3. The molecule has 0 aliphatic carbocycles. The molecule has 1 N–H and O–H groups in total. The summed E-state index contributed by atoms with van der Waals surface area (Å²) in [5, 5.41) is 10.7. The van der Waals surface area contributed by atoms with E-state index in [4.69, 9.17) is 23.2 Å². The lowest BCUT2D eigenvalue weighted by atomic mass is 9.74. The highest BCUT2D eigenvalue weighted by atomic mass is 35.5. The first-order valence-corrected chi connectivity index (χ1v) is 12.9. The van der Waals surface area contributed by atoms with Crippen LogP contribution in [0.3, 0.4) is 0 Å². The first kappa shape index (κ1) is 29.3. The van der Waals surface area contributed by atoms with Gasteiger partial charge in [-0.15, -0.1) is 0 Å². The number of carboxylic acid groups (broad SMARTS) is 1. The molecular formula is C27H31Cl2F3N2O3. The van der Waals surface area contributed by atoms with Crippen LogP contribution in [0.5, 0.6) is 0 Å². The van der Waals surface area contributed by atoms with E-state index in [1.165, 1.54) is 4.90 Å². The van der Waals surface area contributed by atoms with E-state index in [9.17, 15) is 27.9 Å². The van der Waals surface area contributed by atoms with Gasteiger partial charge >= 0.3 is 12.1 Å². The minimum Gasteiger partial charge on any atom is -0.481 e. The molecule has 2 aliphatic heterocycles. The highest BCUT2D eigenvalue weighted by Gasteiger charge is 2.48. The van der Waals surface area contributed by atoms with Crippen molar-refractivity contribution in [1.29, 1.82) is 0 Å². The number of aliphatic carboxylic acids is 1. The van der Waals surface area contributed by atoms with Gasteiger partial charge in [0, 0.05) is 22.6 Å². The molecule has 1 unspecified atom stereocenters. The summed E-state index contributed by atoms with van der Waals surface area (Å²) in [7, 11) is 0. The molecule has 3 atom stereocenters. The van der Waals surface area contributed by atoms with Crippen LogP contribution in [0.15, 0.2) is 54.6 Å². The van der Waals surface area contributed by atoms with Crippen molar-refractivity contribution < 1.29 is 27.9 Å². The Morgan fingerprint density at radius 3 is 2.22 bits per heavy atom. The van der Waals surface area contributed by atoms with Gasteiger partial charge in [-0.3, -0.25) is 14.5 Å². The van der Waals surface area contributed by atoms with Gasteiger partial charge in [0.15, 0.2) is 0 Å². The number of hydrogen-bond donors (Lipinski definition) is 1. The number of hydrogen-bond acceptors (Lipinski definition) is 3. The quantitative estimate of drug-likeness (QED) is 0.435. The number of likely N-dealkylation sites (tertiary alicyclic amines) is 2. The molecule has 0 spiro atoms. The molecule has 0 bridgehead atoms. The highest BCUT2D eigenvalue weighted by molar-refractivity contribution is 6.30. The number of carboxylic acids is 1. The Morgan fingerprint density at radius 1 is 1.05 bits per heavy atom. The fourth-order valence-electron chi connectivity index (χ4n) is 5.15. The Balaban J connectivity index is 0.000000468. The third-order valence-electron chi connectivity index (χ3n) is 6.86. The van der Waals surface area contributed by atoms with Crippen molar-refractivity contribution in [2.45, 2.75) is 57.3 Å². The fourth-order valence-corrected chi connectivity index (χ4v) is 5.43. The van der Waals surface area contributed by atoms with Gasteiger partial charge in [-0.05, 0) is 62.1 Å². The van der Waals surface area contributed by atoms with Crippen LogP contribution >= 0.6 is 23.2 Å². The number of carbonyl (C=O) groups is 2. The molecule has 2 aromatic carbocycles. The third kappa shape index (κ3) is 8.35. The predicted molar refractivity (Wildman–Crippen MR) is 138 cm³/mol. The summed E-state index contributed by atoms with van der Waals surface area (Å²) in [4.78, 5) is 27.9. The molecule has 0 aromatic heterocycles. The zero-order valence-corrected chi connectivity index (χ0v) is 22.1. The van der Waals surface area contributed by atoms with Crippen LogP contribution in [0.2, 0.25) is 10.0 Å². The summed E-state index contributed by atoms with van der Waals surface area (Å²) in [5.41, 5.74) is -0.209. The van der Waals surface area contributed by atoms with E-state index in [0.717, 1.165) is 10.6 Å². The maximum absolute atomic E-state index is 13.5. The van der Waals surface area contributed by atoms with E-state index in [0.29, 0.717) is 37.3 Å². The SMILES string of the molecule is C[C@]1(CC(=O)O)CCC(c2ccc(Cl)cc2)N([C@H]2CCCN(CC(F)(F)F)C2)C1=O.Clc1ccccc1. The second-order valence-corrected chi connectivity index (χ2v) is 10.8. The summed E-state index contributed by atoms with van der Waals surface area (Å²) in [6.45, 7) is 1.09. The van der Waals surface area contributed by atoms with Crippen LogP contribution in [-0.2, 0) is 9.59 Å². The van der Waals surface area contributed by atoms with Crippen LogP contribution in [0, 0.1) is 5.41 Å². The molecule has 2 fully saturated rings. The van der Waals surface area contributed by atoms with Gasteiger partial charge in [0.25, 0.3) is 0 Å². The molecule has 2 heterocycles. The van der Waals surface area contributed by atoms with E-state index in [1.54, 1.807) is 24.0 Å². The van der Waals surface area contributed by atoms with Crippen LogP contribution in [0.4, 0.5) is 13.2 Å². The molecule has 2 saturated heterocycles. The van der Waals surface area contributed by atoms with Crippen molar-refractivity contribution in [1.82, 2.24) is 9.80 Å².